The molecule has 1 amide bonds. The van der Waals surface area contributed by atoms with Crippen molar-refractivity contribution in [2.24, 2.45) is 13.0 Å². The molecule has 5 heteroatoms. The number of para-hydroxylation sites is 2. The van der Waals surface area contributed by atoms with Gasteiger partial charge in [0, 0.05) is 32.0 Å². The van der Waals surface area contributed by atoms with Crippen molar-refractivity contribution in [3.8, 4) is 0 Å². The molecule has 23 heavy (non-hydrogen) atoms. The Bertz CT molecular complexity index is 679. The van der Waals surface area contributed by atoms with E-state index in [2.05, 4.69) is 40.2 Å². The Hall–Kier alpha value is -1.88. The van der Waals surface area contributed by atoms with Gasteiger partial charge in [-0.25, -0.2) is 4.98 Å². The fourth-order valence-corrected chi connectivity index (χ4v) is 3.39. The van der Waals surface area contributed by atoms with E-state index in [4.69, 9.17) is 0 Å². The number of benzene rings is 1. The van der Waals surface area contributed by atoms with Gasteiger partial charge in [-0.05, 0) is 44.9 Å². The second-order valence-electron chi connectivity index (χ2n) is 6.55. The highest BCUT2D eigenvalue weighted by Gasteiger charge is 2.24. The zero-order valence-electron chi connectivity index (χ0n) is 14.0. The van der Waals surface area contributed by atoms with Gasteiger partial charge in [-0.3, -0.25) is 4.79 Å². The summed E-state index contributed by atoms with van der Waals surface area (Å²) in [6.07, 6.45) is 3.69. The molecule has 1 fully saturated rings. The molecule has 0 bridgehead atoms. The summed E-state index contributed by atoms with van der Waals surface area (Å²) < 4.78 is 2.14. The van der Waals surface area contributed by atoms with Crippen molar-refractivity contribution in [3.05, 3.63) is 30.1 Å². The van der Waals surface area contributed by atoms with E-state index in [1.54, 1.807) is 0 Å². The van der Waals surface area contributed by atoms with E-state index in [1.807, 2.05) is 18.2 Å². The molecule has 2 atom stereocenters. The molecule has 1 aliphatic rings. The molecule has 2 heterocycles. The summed E-state index contributed by atoms with van der Waals surface area (Å²) in [5.74, 6) is 1.46. The highest BCUT2D eigenvalue weighted by Crippen LogP contribution is 2.17. The van der Waals surface area contributed by atoms with Gasteiger partial charge in [0.1, 0.15) is 5.82 Å². The van der Waals surface area contributed by atoms with Crippen LogP contribution in [0.25, 0.3) is 11.0 Å². The average molecular weight is 314 g/mol. The number of fused-ring (bicyclic) bond motifs is 1. The molecule has 0 radical (unpaired) electrons. The normalized spacial score (nSPS) is 21.5. The first-order valence-electron chi connectivity index (χ1n) is 8.56. The van der Waals surface area contributed by atoms with Crippen molar-refractivity contribution in [3.63, 3.8) is 0 Å². The number of hydrogen-bond acceptors (Lipinski definition) is 3. The van der Waals surface area contributed by atoms with Crippen LogP contribution in [0.15, 0.2) is 24.3 Å². The summed E-state index contributed by atoms with van der Waals surface area (Å²) in [4.78, 5) is 16.9. The molecule has 0 saturated carbocycles. The molecule has 124 valence electrons. The summed E-state index contributed by atoms with van der Waals surface area (Å²) in [5.41, 5.74) is 2.20. The van der Waals surface area contributed by atoms with Gasteiger partial charge in [0.15, 0.2) is 0 Å². The first kappa shape index (κ1) is 16.0. The zero-order chi connectivity index (χ0) is 16.2. The molecular formula is C18H26N4O. The van der Waals surface area contributed by atoms with Crippen molar-refractivity contribution >= 4 is 16.9 Å². The van der Waals surface area contributed by atoms with E-state index in [1.165, 1.54) is 0 Å². The Kier molecular flexibility index (Phi) is 4.96. The second-order valence-corrected chi connectivity index (χ2v) is 6.55. The molecule has 0 aliphatic carbocycles. The number of aromatic nitrogens is 2. The van der Waals surface area contributed by atoms with Crippen LogP contribution < -0.4 is 10.6 Å². The maximum absolute atomic E-state index is 12.2. The summed E-state index contributed by atoms with van der Waals surface area (Å²) in [7, 11) is 2.06. The van der Waals surface area contributed by atoms with Crippen LogP contribution in [0.4, 0.5) is 0 Å². The third-order valence-corrected chi connectivity index (χ3v) is 4.75. The lowest BCUT2D eigenvalue weighted by molar-refractivity contribution is -0.126. The molecule has 2 aromatic rings. The maximum atomic E-state index is 12.2. The van der Waals surface area contributed by atoms with E-state index >= 15 is 0 Å². The SMILES string of the molecule is C[C@H]1C[C@@H](C(=O)NCCCc2nc3ccccc3n2C)CCN1. The third kappa shape index (κ3) is 3.72. The Labute approximate surface area is 137 Å². The zero-order valence-corrected chi connectivity index (χ0v) is 14.0. The van der Waals surface area contributed by atoms with E-state index in [0.29, 0.717) is 6.04 Å². The third-order valence-electron chi connectivity index (χ3n) is 4.75. The lowest BCUT2D eigenvalue weighted by Crippen LogP contribution is -2.42. The Morgan fingerprint density at radius 3 is 3.04 bits per heavy atom. The summed E-state index contributed by atoms with van der Waals surface area (Å²) in [6, 6.07) is 8.62. The van der Waals surface area contributed by atoms with Crippen LogP contribution in [-0.2, 0) is 18.3 Å². The Balaban J connectivity index is 1.47. The van der Waals surface area contributed by atoms with Crippen LogP contribution in [-0.4, -0.2) is 34.6 Å². The minimum Gasteiger partial charge on any atom is -0.356 e. The molecule has 1 aromatic carbocycles. The predicted molar refractivity (Wildman–Crippen MR) is 92.2 cm³/mol. The van der Waals surface area contributed by atoms with Gasteiger partial charge in [0.05, 0.1) is 11.0 Å². The number of amides is 1. The predicted octanol–water partition coefficient (Wildman–Crippen LogP) is 2.01. The lowest BCUT2D eigenvalue weighted by atomic mass is 9.92. The largest absolute Gasteiger partial charge is 0.356 e. The van der Waals surface area contributed by atoms with Crippen molar-refractivity contribution in [2.45, 2.75) is 38.6 Å². The fraction of sp³-hybridized carbons (Fsp3) is 0.556. The molecule has 2 N–H and O–H groups in total. The van der Waals surface area contributed by atoms with Crippen molar-refractivity contribution in [1.82, 2.24) is 20.2 Å². The van der Waals surface area contributed by atoms with E-state index in [9.17, 15) is 4.79 Å². The molecule has 1 saturated heterocycles. The van der Waals surface area contributed by atoms with Crippen LogP contribution in [0, 0.1) is 5.92 Å². The quantitative estimate of drug-likeness (QED) is 0.830. The fourth-order valence-electron chi connectivity index (χ4n) is 3.39. The first-order chi connectivity index (χ1) is 11.1. The van der Waals surface area contributed by atoms with Gasteiger partial charge in [0.2, 0.25) is 5.91 Å². The number of aryl methyl sites for hydroxylation is 2. The summed E-state index contributed by atoms with van der Waals surface area (Å²) in [6.45, 7) is 3.81. The van der Waals surface area contributed by atoms with Crippen LogP contribution in [0.3, 0.4) is 0 Å². The number of carbonyl (C=O) groups excluding carboxylic acids is 1. The van der Waals surface area contributed by atoms with E-state index < -0.39 is 0 Å². The number of nitrogens with one attached hydrogen (secondary N) is 2. The standard InChI is InChI=1S/C18H26N4O/c1-13-12-14(9-11-19-13)18(23)20-10-5-8-17-21-15-6-3-4-7-16(15)22(17)2/h3-4,6-7,13-14,19H,5,8-12H2,1-2H3,(H,20,23)/t13-,14-/m0/s1. The second kappa shape index (κ2) is 7.13. The van der Waals surface area contributed by atoms with Gasteiger partial charge in [0.25, 0.3) is 0 Å². The van der Waals surface area contributed by atoms with Crippen LogP contribution in [0.2, 0.25) is 0 Å². The average Bonchev–Trinajstić information content (AvgIpc) is 2.88. The molecular weight excluding hydrogens is 288 g/mol. The monoisotopic (exact) mass is 314 g/mol. The highest BCUT2D eigenvalue weighted by atomic mass is 16.1. The Morgan fingerprint density at radius 2 is 2.26 bits per heavy atom. The minimum absolute atomic E-state index is 0.169. The molecule has 1 aromatic heterocycles. The summed E-state index contributed by atoms with van der Waals surface area (Å²) >= 11 is 0. The molecule has 3 rings (SSSR count). The number of nitrogens with zero attached hydrogens (tertiary/aromatic N) is 2. The van der Waals surface area contributed by atoms with Gasteiger partial charge in [-0.2, -0.15) is 0 Å². The van der Waals surface area contributed by atoms with E-state index in [0.717, 1.165) is 55.6 Å². The van der Waals surface area contributed by atoms with Gasteiger partial charge in [-0.15, -0.1) is 0 Å². The topological polar surface area (TPSA) is 59.0 Å². The van der Waals surface area contributed by atoms with E-state index in [-0.39, 0.29) is 11.8 Å². The number of carbonyl (C=O) groups is 1. The number of rotatable bonds is 5. The molecule has 0 unspecified atom stereocenters. The van der Waals surface area contributed by atoms with Gasteiger partial charge in [-0.1, -0.05) is 12.1 Å². The van der Waals surface area contributed by atoms with Crippen LogP contribution in [0.1, 0.15) is 32.0 Å². The first-order valence-corrected chi connectivity index (χ1v) is 8.56. The van der Waals surface area contributed by atoms with Gasteiger partial charge >= 0.3 is 0 Å². The van der Waals surface area contributed by atoms with Crippen LogP contribution >= 0.6 is 0 Å². The maximum Gasteiger partial charge on any atom is 0.223 e. The molecule has 0 spiro atoms. The van der Waals surface area contributed by atoms with Crippen molar-refractivity contribution < 1.29 is 4.79 Å². The Morgan fingerprint density at radius 1 is 1.43 bits per heavy atom. The smallest absolute Gasteiger partial charge is 0.223 e. The minimum atomic E-state index is 0.169. The highest BCUT2D eigenvalue weighted by molar-refractivity contribution is 5.78. The van der Waals surface area contributed by atoms with Crippen molar-refractivity contribution in [1.29, 1.82) is 0 Å². The van der Waals surface area contributed by atoms with Crippen LogP contribution in [0.5, 0.6) is 0 Å². The number of piperidine rings is 1. The van der Waals surface area contributed by atoms with Crippen molar-refractivity contribution in [2.75, 3.05) is 13.1 Å². The molecule has 1 aliphatic heterocycles. The number of hydrogen-bond donors (Lipinski definition) is 2. The number of imidazole rings is 1. The lowest BCUT2D eigenvalue weighted by Gasteiger charge is -2.27. The van der Waals surface area contributed by atoms with Gasteiger partial charge < -0.3 is 15.2 Å². The molecule has 5 nitrogen and oxygen atoms in total. The summed E-state index contributed by atoms with van der Waals surface area (Å²) in [5, 5.41) is 6.48.